The molecule has 0 saturated carbocycles. The SMILES string of the molecule is [CH2]CCN1CCC(=O)C1. The molecule has 0 aromatic carbocycles. The van der Waals surface area contributed by atoms with E-state index in [0.29, 0.717) is 12.3 Å². The van der Waals surface area contributed by atoms with Gasteiger partial charge in [-0.05, 0) is 13.0 Å². The molecule has 9 heavy (non-hydrogen) atoms. The number of Topliss-reactive ketones (excluding diaryl/α,β-unsaturated/α-hetero) is 1. The van der Waals surface area contributed by atoms with Crippen LogP contribution in [0.4, 0.5) is 0 Å². The Morgan fingerprint density at radius 3 is 2.89 bits per heavy atom. The molecule has 0 spiro atoms. The van der Waals surface area contributed by atoms with Crippen LogP contribution in [0, 0.1) is 6.92 Å². The van der Waals surface area contributed by atoms with Crippen LogP contribution >= 0.6 is 0 Å². The maximum Gasteiger partial charge on any atom is 0.148 e. The highest BCUT2D eigenvalue weighted by molar-refractivity contribution is 5.82. The lowest BCUT2D eigenvalue weighted by molar-refractivity contribution is -0.116. The number of ketones is 1. The lowest BCUT2D eigenvalue weighted by Crippen LogP contribution is -2.21. The van der Waals surface area contributed by atoms with Crippen molar-refractivity contribution in [2.75, 3.05) is 19.6 Å². The molecule has 1 radical (unpaired) electrons. The minimum absolute atomic E-state index is 0.378. The summed E-state index contributed by atoms with van der Waals surface area (Å²) in [7, 11) is 0. The summed E-state index contributed by atoms with van der Waals surface area (Å²) in [4.78, 5) is 12.8. The van der Waals surface area contributed by atoms with Crippen molar-refractivity contribution in [3.8, 4) is 0 Å². The van der Waals surface area contributed by atoms with Crippen LogP contribution in [0.15, 0.2) is 0 Å². The third-order valence-corrected chi connectivity index (χ3v) is 1.58. The summed E-state index contributed by atoms with van der Waals surface area (Å²) in [6.45, 7) is 6.31. The summed E-state index contributed by atoms with van der Waals surface area (Å²) in [6.07, 6.45) is 1.66. The first-order valence-electron chi connectivity index (χ1n) is 3.36. The van der Waals surface area contributed by atoms with E-state index in [0.717, 1.165) is 25.9 Å². The predicted molar refractivity (Wildman–Crippen MR) is 36.0 cm³/mol. The fourth-order valence-corrected chi connectivity index (χ4v) is 1.10. The molecule has 0 atom stereocenters. The lowest BCUT2D eigenvalue weighted by atomic mass is 10.4. The third kappa shape index (κ3) is 1.79. The number of carbonyl (C=O) groups is 1. The average Bonchev–Trinajstić information content (AvgIpc) is 2.17. The van der Waals surface area contributed by atoms with Gasteiger partial charge in [-0.2, -0.15) is 0 Å². The molecular formula is C7H12NO. The van der Waals surface area contributed by atoms with Gasteiger partial charge in [0.2, 0.25) is 0 Å². The number of rotatable bonds is 2. The summed E-state index contributed by atoms with van der Waals surface area (Å²) >= 11 is 0. The van der Waals surface area contributed by atoms with Gasteiger partial charge in [0.25, 0.3) is 0 Å². The minimum Gasteiger partial charge on any atom is -0.298 e. The zero-order valence-electron chi connectivity index (χ0n) is 5.60. The van der Waals surface area contributed by atoms with E-state index in [4.69, 9.17) is 0 Å². The zero-order valence-corrected chi connectivity index (χ0v) is 5.60. The van der Waals surface area contributed by atoms with Crippen molar-refractivity contribution < 1.29 is 4.79 Å². The molecule has 1 heterocycles. The highest BCUT2D eigenvalue weighted by Crippen LogP contribution is 2.03. The van der Waals surface area contributed by atoms with Crippen molar-refractivity contribution in [3.63, 3.8) is 0 Å². The van der Waals surface area contributed by atoms with Gasteiger partial charge in [-0.25, -0.2) is 0 Å². The van der Waals surface area contributed by atoms with Crippen LogP contribution in [-0.2, 0) is 4.79 Å². The Balaban J connectivity index is 2.22. The van der Waals surface area contributed by atoms with E-state index in [1.807, 2.05) is 0 Å². The molecule has 1 fully saturated rings. The van der Waals surface area contributed by atoms with Gasteiger partial charge in [0.15, 0.2) is 0 Å². The van der Waals surface area contributed by atoms with Gasteiger partial charge in [0.05, 0.1) is 6.54 Å². The maximum atomic E-state index is 10.7. The number of nitrogens with zero attached hydrogens (tertiary/aromatic N) is 1. The molecule has 0 aliphatic carbocycles. The molecule has 0 aromatic rings. The monoisotopic (exact) mass is 126 g/mol. The molecule has 1 rings (SSSR count). The van der Waals surface area contributed by atoms with Gasteiger partial charge in [0, 0.05) is 13.0 Å². The van der Waals surface area contributed by atoms with Gasteiger partial charge in [-0.3, -0.25) is 9.69 Å². The van der Waals surface area contributed by atoms with Crippen LogP contribution < -0.4 is 0 Å². The normalized spacial score (nSPS) is 21.2. The van der Waals surface area contributed by atoms with E-state index in [2.05, 4.69) is 11.8 Å². The molecule has 0 aromatic heterocycles. The molecule has 0 amide bonds. The molecule has 2 heteroatoms. The van der Waals surface area contributed by atoms with Gasteiger partial charge in [-0.1, -0.05) is 6.92 Å². The van der Waals surface area contributed by atoms with E-state index < -0.39 is 0 Å². The van der Waals surface area contributed by atoms with Crippen LogP contribution in [0.1, 0.15) is 12.8 Å². The Hall–Kier alpha value is -0.370. The molecule has 2 nitrogen and oxygen atoms in total. The maximum absolute atomic E-state index is 10.7. The first-order chi connectivity index (χ1) is 4.33. The second kappa shape index (κ2) is 2.97. The number of likely N-dealkylation sites (tertiary alicyclic amines) is 1. The smallest absolute Gasteiger partial charge is 0.148 e. The summed E-state index contributed by atoms with van der Waals surface area (Å²) in [6, 6.07) is 0. The fourth-order valence-electron chi connectivity index (χ4n) is 1.10. The van der Waals surface area contributed by atoms with Crippen molar-refractivity contribution in [3.05, 3.63) is 6.92 Å². The highest BCUT2D eigenvalue weighted by Gasteiger charge is 2.17. The fraction of sp³-hybridized carbons (Fsp3) is 0.714. The standard InChI is InChI=1S/C7H12NO/c1-2-4-8-5-3-7(9)6-8/h1-6H2. The Morgan fingerprint density at radius 1 is 1.67 bits per heavy atom. The van der Waals surface area contributed by atoms with Crippen molar-refractivity contribution in [1.29, 1.82) is 0 Å². The number of hydrogen-bond donors (Lipinski definition) is 0. The zero-order chi connectivity index (χ0) is 6.69. The number of carbonyl (C=O) groups excluding carboxylic acids is 1. The van der Waals surface area contributed by atoms with E-state index in [9.17, 15) is 4.79 Å². The topological polar surface area (TPSA) is 20.3 Å². The molecule has 1 saturated heterocycles. The van der Waals surface area contributed by atoms with Crippen molar-refractivity contribution in [2.45, 2.75) is 12.8 Å². The second-order valence-corrected chi connectivity index (χ2v) is 2.42. The summed E-state index contributed by atoms with van der Waals surface area (Å²) < 4.78 is 0. The minimum atomic E-state index is 0.378. The first kappa shape index (κ1) is 6.75. The Kier molecular flexibility index (Phi) is 2.22. The van der Waals surface area contributed by atoms with Crippen molar-refractivity contribution >= 4 is 5.78 Å². The molecular weight excluding hydrogens is 114 g/mol. The van der Waals surface area contributed by atoms with Crippen LogP contribution in [-0.4, -0.2) is 30.3 Å². The van der Waals surface area contributed by atoms with E-state index in [1.165, 1.54) is 0 Å². The Bertz CT molecular complexity index is 111. The van der Waals surface area contributed by atoms with Crippen LogP contribution in [0.2, 0.25) is 0 Å². The summed E-state index contributed by atoms with van der Waals surface area (Å²) in [5.41, 5.74) is 0. The van der Waals surface area contributed by atoms with E-state index >= 15 is 0 Å². The van der Waals surface area contributed by atoms with E-state index in [-0.39, 0.29) is 0 Å². The largest absolute Gasteiger partial charge is 0.298 e. The quantitative estimate of drug-likeness (QED) is 0.536. The van der Waals surface area contributed by atoms with Crippen LogP contribution in [0.5, 0.6) is 0 Å². The molecule has 0 N–H and O–H groups in total. The first-order valence-corrected chi connectivity index (χ1v) is 3.36. The van der Waals surface area contributed by atoms with Crippen molar-refractivity contribution in [2.24, 2.45) is 0 Å². The van der Waals surface area contributed by atoms with Gasteiger partial charge in [-0.15, -0.1) is 0 Å². The van der Waals surface area contributed by atoms with Gasteiger partial charge < -0.3 is 0 Å². The Morgan fingerprint density at radius 2 is 2.44 bits per heavy atom. The van der Waals surface area contributed by atoms with Crippen LogP contribution in [0.3, 0.4) is 0 Å². The molecule has 0 bridgehead atoms. The molecule has 51 valence electrons. The third-order valence-electron chi connectivity index (χ3n) is 1.58. The van der Waals surface area contributed by atoms with Gasteiger partial charge in [0.1, 0.15) is 5.78 Å². The van der Waals surface area contributed by atoms with E-state index in [1.54, 1.807) is 0 Å². The number of hydrogen-bond acceptors (Lipinski definition) is 2. The van der Waals surface area contributed by atoms with Crippen LogP contribution in [0.25, 0.3) is 0 Å². The molecule has 1 aliphatic rings. The van der Waals surface area contributed by atoms with Crippen molar-refractivity contribution in [1.82, 2.24) is 4.90 Å². The highest BCUT2D eigenvalue weighted by atomic mass is 16.1. The van der Waals surface area contributed by atoms with Gasteiger partial charge >= 0.3 is 0 Å². The molecule has 1 aliphatic heterocycles. The predicted octanol–water partition coefficient (Wildman–Crippen LogP) is 0.485. The average molecular weight is 126 g/mol. The lowest BCUT2D eigenvalue weighted by Gasteiger charge is -2.09. The molecule has 0 unspecified atom stereocenters. The summed E-state index contributed by atoms with van der Waals surface area (Å²) in [5, 5.41) is 0. The second-order valence-electron chi connectivity index (χ2n) is 2.42. The summed E-state index contributed by atoms with van der Waals surface area (Å²) in [5.74, 6) is 0.378. The Labute approximate surface area is 55.8 Å².